The molecular weight excluding hydrogens is 468 g/mol. The topological polar surface area (TPSA) is 85.9 Å². The monoisotopic (exact) mass is 496 g/mol. The molecule has 0 saturated carbocycles. The number of para-hydroxylation sites is 2. The molecular formula is C30H28N2O5. The first-order valence-electron chi connectivity index (χ1n) is 11.9. The molecule has 7 heteroatoms. The normalized spacial score (nSPS) is 11.3. The van der Waals surface area contributed by atoms with E-state index in [9.17, 15) is 9.59 Å². The van der Waals surface area contributed by atoms with Crippen LogP contribution >= 0.6 is 0 Å². The molecule has 4 rings (SSSR count). The molecule has 4 aromatic rings. The molecule has 0 bridgehead atoms. The van der Waals surface area contributed by atoms with Gasteiger partial charge in [0.15, 0.2) is 5.75 Å². The molecule has 7 nitrogen and oxygen atoms in total. The van der Waals surface area contributed by atoms with Gasteiger partial charge in [-0.2, -0.15) is 5.48 Å². The van der Waals surface area contributed by atoms with Gasteiger partial charge in [0.1, 0.15) is 11.5 Å². The predicted molar refractivity (Wildman–Crippen MR) is 141 cm³/mol. The number of hydrogen-bond acceptors (Lipinski definition) is 5. The van der Waals surface area contributed by atoms with E-state index in [-0.39, 0.29) is 18.4 Å². The van der Waals surface area contributed by atoms with E-state index in [1.54, 1.807) is 42.5 Å². The third-order valence-corrected chi connectivity index (χ3v) is 5.41. The third kappa shape index (κ3) is 7.68. The summed E-state index contributed by atoms with van der Waals surface area (Å²) in [6, 6.07) is 33.4. The Kier molecular flexibility index (Phi) is 8.88. The minimum absolute atomic E-state index is 0.108. The zero-order valence-corrected chi connectivity index (χ0v) is 20.4. The van der Waals surface area contributed by atoms with Gasteiger partial charge in [0.05, 0.1) is 19.1 Å². The highest BCUT2D eigenvalue weighted by Gasteiger charge is 2.25. The lowest BCUT2D eigenvalue weighted by Gasteiger charge is -2.20. The average molecular weight is 497 g/mol. The average Bonchev–Trinajstić information content (AvgIpc) is 2.92. The van der Waals surface area contributed by atoms with E-state index in [0.29, 0.717) is 29.4 Å². The van der Waals surface area contributed by atoms with Gasteiger partial charge in [0, 0.05) is 18.2 Å². The van der Waals surface area contributed by atoms with E-state index in [1.165, 1.54) is 6.92 Å². The van der Waals surface area contributed by atoms with Crippen LogP contribution in [0.25, 0.3) is 0 Å². The summed E-state index contributed by atoms with van der Waals surface area (Å²) in [5.74, 6) is 0.422. The minimum atomic E-state index is -0.700. The van der Waals surface area contributed by atoms with Crippen LogP contribution in [0.2, 0.25) is 0 Å². The summed E-state index contributed by atoms with van der Waals surface area (Å²) < 4.78 is 11.8. The third-order valence-electron chi connectivity index (χ3n) is 5.41. The second-order valence-corrected chi connectivity index (χ2v) is 8.28. The van der Waals surface area contributed by atoms with E-state index < -0.39 is 5.92 Å². The molecule has 0 fully saturated rings. The Bertz CT molecular complexity index is 1290. The molecule has 0 aliphatic carbocycles. The lowest BCUT2D eigenvalue weighted by molar-refractivity contribution is -0.125. The van der Waals surface area contributed by atoms with Crippen LogP contribution in [0.1, 0.15) is 24.0 Å². The molecule has 37 heavy (non-hydrogen) atoms. The number of nitrogens with one attached hydrogen (secondary N) is 2. The molecule has 0 heterocycles. The van der Waals surface area contributed by atoms with Crippen molar-refractivity contribution in [3.63, 3.8) is 0 Å². The van der Waals surface area contributed by atoms with Gasteiger partial charge in [-0.1, -0.05) is 66.7 Å². The fraction of sp³-hybridized carbons (Fsp3) is 0.133. The van der Waals surface area contributed by atoms with Gasteiger partial charge in [-0.3, -0.25) is 9.59 Å². The summed E-state index contributed by atoms with van der Waals surface area (Å²) >= 11 is 0. The van der Waals surface area contributed by atoms with Gasteiger partial charge in [0.2, 0.25) is 11.8 Å². The van der Waals surface area contributed by atoms with Crippen molar-refractivity contribution in [3.8, 4) is 17.2 Å². The van der Waals surface area contributed by atoms with Gasteiger partial charge < -0.3 is 19.6 Å². The molecule has 0 aromatic heterocycles. The number of hydroxylamine groups is 1. The molecule has 0 aliphatic rings. The van der Waals surface area contributed by atoms with Gasteiger partial charge in [-0.05, 0) is 48.0 Å². The Morgan fingerprint density at radius 2 is 1.38 bits per heavy atom. The van der Waals surface area contributed by atoms with Crippen molar-refractivity contribution in [3.05, 3.63) is 120 Å². The SMILES string of the molecule is CC(=O)NOc1ccccc1C(COCc1ccccc1)C(=O)Nc1ccc(Oc2ccccc2)cc1. The summed E-state index contributed by atoms with van der Waals surface area (Å²) in [5, 5.41) is 2.95. The van der Waals surface area contributed by atoms with Gasteiger partial charge >= 0.3 is 0 Å². The van der Waals surface area contributed by atoms with E-state index >= 15 is 0 Å². The van der Waals surface area contributed by atoms with Crippen molar-refractivity contribution in [2.45, 2.75) is 19.4 Å². The summed E-state index contributed by atoms with van der Waals surface area (Å²) in [4.78, 5) is 30.3. The second-order valence-electron chi connectivity index (χ2n) is 8.28. The molecule has 188 valence electrons. The van der Waals surface area contributed by atoms with Crippen molar-refractivity contribution in [2.75, 3.05) is 11.9 Å². The zero-order chi connectivity index (χ0) is 25.9. The first kappa shape index (κ1) is 25.5. The molecule has 0 spiro atoms. The van der Waals surface area contributed by atoms with E-state index in [0.717, 1.165) is 11.3 Å². The van der Waals surface area contributed by atoms with Gasteiger partial charge in [-0.25, -0.2) is 0 Å². The standard InChI is InChI=1S/C30H28N2O5/c1-22(33)32-37-29-15-9-8-14-27(29)28(21-35-20-23-10-4-2-5-11-23)30(34)31-24-16-18-26(19-17-24)36-25-12-6-3-7-13-25/h2-19,28H,20-21H2,1H3,(H,31,34)(H,32,33). The lowest BCUT2D eigenvalue weighted by Crippen LogP contribution is -2.28. The van der Waals surface area contributed by atoms with Crippen LogP contribution in [0, 0.1) is 0 Å². The van der Waals surface area contributed by atoms with Crippen molar-refractivity contribution in [1.29, 1.82) is 0 Å². The smallest absolute Gasteiger partial charge is 0.249 e. The summed E-state index contributed by atoms with van der Waals surface area (Å²) in [6.45, 7) is 1.81. The number of rotatable bonds is 11. The van der Waals surface area contributed by atoms with Crippen molar-refractivity contribution < 1.29 is 23.9 Å². The first-order chi connectivity index (χ1) is 18.1. The molecule has 0 radical (unpaired) electrons. The van der Waals surface area contributed by atoms with Gasteiger partial charge in [0.25, 0.3) is 0 Å². The maximum atomic E-state index is 13.5. The number of ether oxygens (including phenoxy) is 2. The van der Waals surface area contributed by atoms with Crippen molar-refractivity contribution >= 4 is 17.5 Å². The predicted octanol–water partition coefficient (Wildman–Crippen LogP) is 5.85. The Balaban J connectivity index is 1.49. The highest BCUT2D eigenvalue weighted by molar-refractivity contribution is 5.96. The number of carbonyl (C=O) groups excluding carboxylic acids is 2. The maximum absolute atomic E-state index is 13.5. The number of carbonyl (C=O) groups is 2. The van der Waals surface area contributed by atoms with Crippen molar-refractivity contribution in [1.82, 2.24) is 5.48 Å². The summed E-state index contributed by atoms with van der Waals surface area (Å²) in [5.41, 5.74) is 4.53. The van der Waals surface area contributed by atoms with Crippen LogP contribution in [-0.2, 0) is 20.9 Å². The van der Waals surface area contributed by atoms with E-state index in [2.05, 4.69) is 10.8 Å². The molecule has 0 aliphatic heterocycles. The summed E-state index contributed by atoms with van der Waals surface area (Å²) in [6.07, 6.45) is 0. The van der Waals surface area contributed by atoms with Crippen LogP contribution < -0.4 is 20.4 Å². The Morgan fingerprint density at radius 1 is 0.757 bits per heavy atom. The second kappa shape index (κ2) is 12.9. The number of anilines is 1. The Morgan fingerprint density at radius 3 is 2.08 bits per heavy atom. The zero-order valence-electron chi connectivity index (χ0n) is 20.4. The number of benzene rings is 4. The quantitative estimate of drug-likeness (QED) is 0.255. The highest BCUT2D eigenvalue weighted by Crippen LogP contribution is 2.29. The molecule has 1 atom stereocenters. The van der Waals surface area contributed by atoms with Gasteiger partial charge in [-0.15, -0.1) is 0 Å². The van der Waals surface area contributed by atoms with Crippen LogP contribution in [0.4, 0.5) is 5.69 Å². The molecule has 4 aromatic carbocycles. The highest BCUT2D eigenvalue weighted by atomic mass is 16.7. The fourth-order valence-corrected chi connectivity index (χ4v) is 3.62. The minimum Gasteiger partial charge on any atom is -0.457 e. The molecule has 1 unspecified atom stereocenters. The Labute approximate surface area is 216 Å². The molecule has 0 saturated heterocycles. The number of hydrogen-bond donors (Lipinski definition) is 2. The largest absolute Gasteiger partial charge is 0.457 e. The fourth-order valence-electron chi connectivity index (χ4n) is 3.62. The Hall–Kier alpha value is -4.62. The van der Waals surface area contributed by atoms with E-state index in [4.69, 9.17) is 14.3 Å². The molecule has 2 amide bonds. The van der Waals surface area contributed by atoms with Crippen molar-refractivity contribution in [2.24, 2.45) is 0 Å². The first-order valence-corrected chi connectivity index (χ1v) is 11.9. The van der Waals surface area contributed by atoms with Crippen LogP contribution in [0.3, 0.4) is 0 Å². The number of amides is 2. The lowest BCUT2D eigenvalue weighted by atomic mass is 9.97. The molecule has 2 N–H and O–H groups in total. The maximum Gasteiger partial charge on any atom is 0.249 e. The van der Waals surface area contributed by atoms with Crippen LogP contribution in [0.5, 0.6) is 17.2 Å². The van der Waals surface area contributed by atoms with Crippen LogP contribution in [0.15, 0.2) is 109 Å². The van der Waals surface area contributed by atoms with Crippen LogP contribution in [-0.4, -0.2) is 18.4 Å². The van der Waals surface area contributed by atoms with E-state index in [1.807, 2.05) is 66.7 Å². The summed E-state index contributed by atoms with van der Waals surface area (Å²) in [7, 11) is 0.